The minimum absolute atomic E-state index is 0.244. The van der Waals surface area contributed by atoms with Crippen molar-refractivity contribution in [1.82, 2.24) is 4.98 Å². The normalized spacial score (nSPS) is 10.8. The molecule has 0 bridgehead atoms. The number of thiazole rings is 1. The Morgan fingerprint density at radius 1 is 1.10 bits per heavy atom. The van der Waals surface area contributed by atoms with Crippen LogP contribution < -0.4 is 5.73 Å². The second-order valence-corrected chi connectivity index (χ2v) is 6.04. The summed E-state index contributed by atoms with van der Waals surface area (Å²) in [6.07, 6.45) is 0. The molecule has 0 saturated heterocycles. The minimum atomic E-state index is -0.244. The lowest BCUT2D eigenvalue weighted by atomic mass is 10.1. The van der Waals surface area contributed by atoms with Crippen LogP contribution in [0.15, 0.2) is 48.5 Å². The summed E-state index contributed by atoms with van der Waals surface area (Å²) >= 11 is 1.61. The molecule has 0 atom stereocenters. The zero-order valence-electron chi connectivity index (χ0n) is 11.6. The number of aryl methyl sites for hydroxylation is 1. The van der Waals surface area contributed by atoms with Crippen molar-refractivity contribution in [2.45, 2.75) is 13.5 Å². The Balaban J connectivity index is 2.05. The quantitative estimate of drug-likeness (QED) is 0.779. The molecule has 1 heterocycles. The topological polar surface area (TPSA) is 38.9 Å². The van der Waals surface area contributed by atoms with E-state index in [1.807, 2.05) is 37.3 Å². The predicted molar refractivity (Wildman–Crippen MR) is 85.6 cm³/mol. The summed E-state index contributed by atoms with van der Waals surface area (Å²) in [7, 11) is 0. The van der Waals surface area contributed by atoms with Crippen LogP contribution in [0.25, 0.3) is 21.8 Å². The van der Waals surface area contributed by atoms with E-state index in [0.29, 0.717) is 6.54 Å². The van der Waals surface area contributed by atoms with E-state index in [9.17, 15) is 4.39 Å². The van der Waals surface area contributed by atoms with Gasteiger partial charge >= 0.3 is 0 Å². The van der Waals surface area contributed by atoms with Crippen LogP contribution in [0.4, 0.5) is 4.39 Å². The van der Waals surface area contributed by atoms with E-state index in [2.05, 4.69) is 4.98 Å². The molecule has 0 aliphatic carbocycles. The van der Waals surface area contributed by atoms with Gasteiger partial charge < -0.3 is 5.73 Å². The van der Waals surface area contributed by atoms with Gasteiger partial charge in [0.1, 0.15) is 10.8 Å². The second kappa shape index (κ2) is 5.76. The molecule has 0 fully saturated rings. The third-order valence-corrected chi connectivity index (χ3v) is 4.32. The minimum Gasteiger partial charge on any atom is -0.326 e. The highest BCUT2D eigenvalue weighted by atomic mass is 32.1. The molecular formula is C17H15FN2S. The van der Waals surface area contributed by atoms with Crippen LogP contribution in [-0.2, 0) is 6.54 Å². The second-order valence-electron chi connectivity index (χ2n) is 4.84. The monoisotopic (exact) mass is 298 g/mol. The van der Waals surface area contributed by atoms with E-state index in [-0.39, 0.29) is 5.82 Å². The van der Waals surface area contributed by atoms with Gasteiger partial charge in [-0.15, -0.1) is 11.3 Å². The Morgan fingerprint density at radius 2 is 1.86 bits per heavy atom. The van der Waals surface area contributed by atoms with Crippen molar-refractivity contribution in [3.63, 3.8) is 0 Å². The molecule has 0 unspecified atom stereocenters. The number of halogens is 1. The van der Waals surface area contributed by atoms with Gasteiger partial charge in [0.2, 0.25) is 0 Å². The lowest BCUT2D eigenvalue weighted by Crippen LogP contribution is -1.95. The van der Waals surface area contributed by atoms with Crippen molar-refractivity contribution in [2.24, 2.45) is 5.73 Å². The van der Waals surface area contributed by atoms with Crippen LogP contribution in [0.3, 0.4) is 0 Å². The van der Waals surface area contributed by atoms with Crippen LogP contribution in [0.5, 0.6) is 0 Å². The van der Waals surface area contributed by atoms with E-state index in [1.165, 1.54) is 12.1 Å². The Hall–Kier alpha value is -2.04. The van der Waals surface area contributed by atoms with Crippen LogP contribution in [-0.4, -0.2) is 4.98 Å². The first-order valence-corrected chi connectivity index (χ1v) is 7.52. The average molecular weight is 298 g/mol. The molecule has 4 heteroatoms. The molecule has 0 aliphatic heterocycles. The molecule has 106 valence electrons. The molecule has 2 nitrogen and oxygen atoms in total. The summed E-state index contributed by atoms with van der Waals surface area (Å²) < 4.78 is 13.4. The lowest BCUT2D eigenvalue weighted by Gasteiger charge is -2.00. The molecule has 0 radical (unpaired) electrons. The Kier molecular flexibility index (Phi) is 3.82. The van der Waals surface area contributed by atoms with Crippen molar-refractivity contribution in [3.05, 3.63) is 64.8 Å². The van der Waals surface area contributed by atoms with Gasteiger partial charge in [-0.2, -0.15) is 0 Å². The zero-order chi connectivity index (χ0) is 14.8. The smallest absolute Gasteiger partial charge is 0.124 e. The molecular weight excluding hydrogens is 283 g/mol. The number of rotatable bonds is 3. The summed E-state index contributed by atoms with van der Waals surface area (Å²) in [4.78, 5) is 5.76. The summed E-state index contributed by atoms with van der Waals surface area (Å²) in [5, 5.41) is 0.932. The highest BCUT2D eigenvalue weighted by Gasteiger charge is 2.12. The molecule has 0 amide bonds. The first kappa shape index (κ1) is 13.9. The highest BCUT2D eigenvalue weighted by Crippen LogP contribution is 2.33. The van der Waals surface area contributed by atoms with Crippen LogP contribution >= 0.6 is 11.3 Å². The van der Waals surface area contributed by atoms with E-state index in [4.69, 9.17) is 5.73 Å². The first-order chi connectivity index (χ1) is 10.2. The van der Waals surface area contributed by atoms with Gasteiger partial charge in [-0.05, 0) is 30.7 Å². The largest absolute Gasteiger partial charge is 0.326 e. The average Bonchev–Trinajstić information content (AvgIpc) is 2.89. The van der Waals surface area contributed by atoms with Gasteiger partial charge in [-0.25, -0.2) is 9.37 Å². The maximum absolute atomic E-state index is 13.4. The molecule has 2 aromatic carbocycles. The Morgan fingerprint density at radius 3 is 2.62 bits per heavy atom. The van der Waals surface area contributed by atoms with Gasteiger partial charge in [0.05, 0.1) is 5.69 Å². The molecule has 3 rings (SSSR count). The Bertz CT molecular complexity index is 780. The van der Waals surface area contributed by atoms with Gasteiger partial charge in [0.15, 0.2) is 0 Å². The van der Waals surface area contributed by atoms with Gasteiger partial charge in [-0.3, -0.25) is 0 Å². The third kappa shape index (κ3) is 2.86. The van der Waals surface area contributed by atoms with Crippen LogP contribution in [0, 0.1) is 12.7 Å². The summed E-state index contributed by atoms with van der Waals surface area (Å²) in [6.45, 7) is 2.52. The summed E-state index contributed by atoms with van der Waals surface area (Å²) in [5.41, 5.74) is 9.46. The molecule has 0 spiro atoms. The van der Waals surface area contributed by atoms with E-state index >= 15 is 0 Å². The van der Waals surface area contributed by atoms with Crippen LogP contribution in [0.2, 0.25) is 0 Å². The maximum atomic E-state index is 13.4. The molecule has 0 aliphatic rings. The highest BCUT2D eigenvalue weighted by molar-refractivity contribution is 7.15. The number of hydrogen-bond donors (Lipinski definition) is 1. The van der Waals surface area contributed by atoms with Gasteiger partial charge in [0.25, 0.3) is 0 Å². The zero-order valence-corrected chi connectivity index (χ0v) is 12.5. The fraction of sp³-hybridized carbons (Fsp3) is 0.118. The Labute approximate surface area is 127 Å². The number of aromatic nitrogens is 1. The van der Waals surface area contributed by atoms with Crippen molar-refractivity contribution >= 4 is 11.3 Å². The summed E-state index contributed by atoms with van der Waals surface area (Å²) in [5.74, 6) is -0.244. The number of nitrogens with two attached hydrogens (primary N) is 1. The first-order valence-electron chi connectivity index (χ1n) is 6.70. The van der Waals surface area contributed by atoms with E-state index in [1.54, 1.807) is 17.4 Å². The van der Waals surface area contributed by atoms with Crippen LogP contribution in [0.1, 0.15) is 10.4 Å². The van der Waals surface area contributed by atoms with Crippen molar-refractivity contribution < 1.29 is 4.39 Å². The SMILES string of the molecule is Cc1sc(-c2cccc(CN)c2)nc1-c1cccc(F)c1. The third-order valence-electron chi connectivity index (χ3n) is 3.30. The molecule has 1 aromatic heterocycles. The van der Waals surface area contributed by atoms with E-state index < -0.39 is 0 Å². The number of hydrogen-bond acceptors (Lipinski definition) is 3. The fourth-order valence-corrected chi connectivity index (χ4v) is 3.19. The van der Waals surface area contributed by atoms with Crippen molar-refractivity contribution in [2.75, 3.05) is 0 Å². The number of benzene rings is 2. The van der Waals surface area contributed by atoms with Crippen molar-refractivity contribution in [3.8, 4) is 21.8 Å². The number of nitrogens with zero attached hydrogens (tertiary/aromatic N) is 1. The van der Waals surface area contributed by atoms with Gasteiger partial charge in [0, 0.05) is 22.5 Å². The van der Waals surface area contributed by atoms with Crippen molar-refractivity contribution in [1.29, 1.82) is 0 Å². The summed E-state index contributed by atoms with van der Waals surface area (Å²) in [6, 6.07) is 14.6. The predicted octanol–water partition coefficient (Wildman–Crippen LogP) is 4.38. The molecule has 21 heavy (non-hydrogen) atoms. The molecule has 0 saturated carbocycles. The fourth-order valence-electron chi connectivity index (χ4n) is 2.25. The van der Waals surface area contributed by atoms with E-state index in [0.717, 1.165) is 32.3 Å². The van der Waals surface area contributed by atoms with Gasteiger partial charge in [-0.1, -0.05) is 30.3 Å². The lowest BCUT2D eigenvalue weighted by molar-refractivity contribution is 0.628. The maximum Gasteiger partial charge on any atom is 0.124 e. The molecule has 2 N–H and O–H groups in total. The molecule has 3 aromatic rings. The standard InChI is InChI=1S/C17H15FN2S/c1-11-16(13-5-3-7-15(18)9-13)20-17(21-11)14-6-2-4-12(8-14)10-19/h2-9H,10,19H2,1H3.